The van der Waals surface area contributed by atoms with E-state index in [0.29, 0.717) is 29.1 Å². The second-order valence-electron chi connectivity index (χ2n) is 8.47. The monoisotopic (exact) mass is 456 g/mol. The van der Waals surface area contributed by atoms with Crippen molar-refractivity contribution in [2.75, 3.05) is 25.0 Å². The van der Waals surface area contributed by atoms with Crippen LogP contribution in [0.15, 0.2) is 46.3 Å². The van der Waals surface area contributed by atoms with Crippen molar-refractivity contribution in [1.29, 1.82) is 0 Å². The summed E-state index contributed by atoms with van der Waals surface area (Å²) in [5.41, 5.74) is 3.30. The standard InChI is InChI=1S/C24H24N8O2/c1-14-28-20(24(33)29-14)10-16-12-27-32-22(30-17-5-6-17)11-19(31-23(16)32)15-3-2-4-18(9-15)34-13-21-25-7-8-26-21/h2-4,9-12,17,28,30H,1,5-8,13H2,(H,25,26)(H,29,33)/b20-10-. The number of hydrogen-bond acceptors (Lipinski definition) is 7. The number of amidine groups is 1. The van der Waals surface area contributed by atoms with Gasteiger partial charge >= 0.3 is 0 Å². The summed E-state index contributed by atoms with van der Waals surface area (Å²) in [6.45, 7) is 5.80. The maximum absolute atomic E-state index is 12.2. The van der Waals surface area contributed by atoms with Crippen LogP contribution in [0.4, 0.5) is 5.82 Å². The highest BCUT2D eigenvalue weighted by Gasteiger charge is 2.23. The SMILES string of the molecule is C=c1[nH]c(=O)/c(=C/c2cnn3c(NC4CC4)cc(-c4cccc(OCC5=NCCN5)c4)nc23)[nH]1. The Kier molecular flexibility index (Phi) is 4.90. The summed E-state index contributed by atoms with van der Waals surface area (Å²) in [5.74, 6) is 2.47. The maximum Gasteiger partial charge on any atom is 0.273 e. The molecule has 0 amide bonds. The fourth-order valence-electron chi connectivity index (χ4n) is 3.92. The molecule has 0 bridgehead atoms. The summed E-state index contributed by atoms with van der Waals surface area (Å²) in [7, 11) is 0. The van der Waals surface area contributed by atoms with Crippen molar-refractivity contribution in [2.45, 2.75) is 18.9 Å². The van der Waals surface area contributed by atoms with Gasteiger partial charge in [0.1, 0.15) is 34.8 Å². The van der Waals surface area contributed by atoms with Gasteiger partial charge in [0.2, 0.25) is 0 Å². The molecule has 172 valence electrons. The summed E-state index contributed by atoms with van der Waals surface area (Å²) in [5, 5.41) is 11.7. The van der Waals surface area contributed by atoms with Crippen molar-refractivity contribution in [1.82, 2.24) is 29.9 Å². The number of imidazole rings is 1. The zero-order chi connectivity index (χ0) is 23.1. The molecule has 0 saturated heterocycles. The molecule has 0 spiro atoms. The molecule has 2 aliphatic rings. The topological polar surface area (TPSA) is 124 Å². The van der Waals surface area contributed by atoms with Crippen LogP contribution in [-0.2, 0) is 0 Å². The molecule has 0 radical (unpaired) electrons. The Bertz CT molecular complexity index is 1570. The van der Waals surface area contributed by atoms with Gasteiger partial charge in [-0.1, -0.05) is 18.7 Å². The van der Waals surface area contributed by atoms with Crippen molar-refractivity contribution < 1.29 is 4.74 Å². The second kappa shape index (κ2) is 8.22. The van der Waals surface area contributed by atoms with Gasteiger partial charge in [-0.15, -0.1) is 0 Å². The lowest BCUT2D eigenvalue weighted by molar-refractivity contribution is 0.374. The lowest BCUT2D eigenvalue weighted by Gasteiger charge is -2.12. The predicted molar refractivity (Wildman–Crippen MR) is 131 cm³/mol. The molecule has 34 heavy (non-hydrogen) atoms. The van der Waals surface area contributed by atoms with Crippen LogP contribution in [0.1, 0.15) is 18.4 Å². The van der Waals surface area contributed by atoms with E-state index in [2.05, 4.69) is 37.3 Å². The van der Waals surface area contributed by atoms with Crippen molar-refractivity contribution in [2.24, 2.45) is 4.99 Å². The van der Waals surface area contributed by atoms with Crippen LogP contribution in [0.2, 0.25) is 0 Å². The molecule has 1 aromatic carbocycles. The van der Waals surface area contributed by atoms with E-state index in [9.17, 15) is 4.79 Å². The highest BCUT2D eigenvalue weighted by molar-refractivity contribution is 5.85. The number of nitrogens with zero attached hydrogens (tertiary/aromatic N) is 4. The minimum absolute atomic E-state index is 0.233. The predicted octanol–water partition coefficient (Wildman–Crippen LogP) is 0.607. The molecule has 3 aromatic heterocycles. The van der Waals surface area contributed by atoms with Crippen LogP contribution < -0.4 is 31.8 Å². The first-order valence-corrected chi connectivity index (χ1v) is 11.3. The van der Waals surface area contributed by atoms with E-state index in [4.69, 9.17) is 9.72 Å². The van der Waals surface area contributed by atoms with E-state index in [-0.39, 0.29) is 5.56 Å². The van der Waals surface area contributed by atoms with E-state index in [0.717, 1.165) is 60.2 Å². The van der Waals surface area contributed by atoms with Crippen LogP contribution in [0.25, 0.3) is 29.6 Å². The van der Waals surface area contributed by atoms with Crippen molar-refractivity contribution in [3.63, 3.8) is 0 Å². The number of benzene rings is 1. The molecule has 10 nitrogen and oxygen atoms in total. The average Bonchev–Trinajstić information content (AvgIpc) is 3.19. The summed E-state index contributed by atoms with van der Waals surface area (Å²) < 4.78 is 7.72. The van der Waals surface area contributed by atoms with E-state index in [1.807, 2.05) is 30.3 Å². The lowest BCUT2D eigenvalue weighted by atomic mass is 10.1. The Balaban J connectivity index is 1.41. The zero-order valence-corrected chi connectivity index (χ0v) is 18.5. The van der Waals surface area contributed by atoms with Gasteiger partial charge in [-0.25, -0.2) is 4.98 Å². The van der Waals surface area contributed by atoms with E-state index >= 15 is 0 Å². The van der Waals surface area contributed by atoms with Crippen LogP contribution in [0, 0.1) is 0 Å². The van der Waals surface area contributed by atoms with E-state index in [1.165, 1.54) is 0 Å². The van der Waals surface area contributed by atoms with Gasteiger partial charge < -0.3 is 25.3 Å². The number of H-pyrrole nitrogens is 2. The molecule has 1 aliphatic carbocycles. The van der Waals surface area contributed by atoms with Crippen molar-refractivity contribution in [3.8, 4) is 17.0 Å². The molecule has 1 saturated carbocycles. The largest absolute Gasteiger partial charge is 0.486 e. The Hall–Kier alpha value is -4.34. The molecule has 0 atom stereocenters. The highest BCUT2D eigenvalue weighted by atomic mass is 16.5. The number of anilines is 1. The molecular weight excluding hydrogens is 432 g/mol. The Morgan fingerprint density at radius 1 is 1.26 bits per heavy atom. The first-order chi connectivity index (χ1) is 16.6. The van der Waals surface area contributed by atoms with Crippen LogP contribution in [0.3, 0.4) is 0 Å². The van der Waals surface area contributed by atoms with Gasteiger partial charge in [0, 0.05) is 29.8 Å². The molecule has 4 heterocycles. The third-order valence-electron chi connectivity index (χ3n) is 5.77. The minimum atomic E-state index is -0.233. The number of aromatic nitrogens is 5. The number of fused-ring (bicyclic) bond motifs is 1. The Morgan fingerprint density at radius 2 is 2.18 bits per heavy atom. The van der Waals surface area contributed by atoms with E-state index in [1.54, 1.807) is 16.8 Å². The summed E-state index contributed by atoms with van der Waals surface area (Å²) in [4.78, 5) is 27.0. The summed E-state index contributed by atoms with van der Waals surface area (Å²) >= 11 is 0. The minimum Gasteiger partial charge on any atom is -0.486 e. The quantitative estimate of drug-likeness (QED) is 0.323. The normalized spacial score (nSPS) is 16.0. The second-order valence-corrected chi connectivity index (χ2v) is 8.47. The first-order valence-electron chi connectivity index (χ1n) is 11.3. The van der Waals surface area contributed by atoms with Crippen LogP contribution in [0.5, 0.6) is 5.75 Å². The molecule has 6 rings (SSSR count). The van der Waals surface area contributed by atoms with Gasteiger partial charge in [-0.05, 0) is 31.1 Å². The molecule has 1 aliphatic heterocycles. The van der Waals surface area contributed by atoms with E-state index < -0.39 is 0 Å². The van der Waals surface area contributed by atoms with Crippen LogP contribution in [-0.4, -0.2) is 56.1 Å². The number of ether oxygens (including phenoxy) is 1. The maximum atomic E-state index is 12.2. The third-order valence-corrected chi connectivity index (χ3v) is 5.77. The van der Waals surface area contributed by atoms with Gasteiger partial charge in [0.15, 0.2) is 5.65 Å². The fraction of sp³-hybridized carbons (Fsp3) is 0.250. The average molecular weight is 457 g/mol. The molecule has 4 N–H and O–H groups in total. The number of aliphatic imine (C=N–C) groups is 1. The molecule has 1 fully saturated rings. The smallest absolute Gasteiger partial charge is 0.273 e. The van der Waals surface area contributed by atoms with Gasteiger partial charge in [-0.3, -0.25) is 9.79 Å². The molecule has 10 heteroatoms. The third kappa shape index (κ3) is 4.05. The fourth-order valence-corrected chi connectivity index (χ4v) is 3.92. The number of hydrogen-bond donors (Lipinski definition) is 4. The first kappa shape index (κ1) is 20.3. The van der Waals surface area contributed by atoms with Crippen LogP contribution >= 0.6 is 0 Å². The Morgan fingerprint density at radius 3 is 2.94 bits per heavy atom. The van der Waals surface area contributed by atoms with Crippen molar-refractivity contribution in [3.05, 3.63) is 63.3 Å². The van der Waals surface area contributed by atoms with Gasteiger partial charge in [-0.2, -0.15) is 9.61 Å². The molecule has 0 unspecified atom stereocenters. The summed E-state index contributed by atoms with van der Waals surface area (Å²) in [6.07, 6.45) is 5.71. The zero-order valence-electron chi connectivity index (χ0n) is 18.5. The molecule has 4 aromatic rings. The number of aromatic amines is 2. The lowest BCUT2D eigenvalue weighted by Crippen LogP contribution is -2.24. The molecular formula is C24H24N8O2. The van der Waals surface area contributed by atoms with Crippen molar-refractivity contribution >= 4 is 30.0 Å². The number of nitrogens with one attached hydrogen (secondary N) is 4. The van der Waals surface area contributed by atoms with Gasteiger partial charge in [0.25, 0.3) is 5.56 Å². The Labute approximate surface area is 194 Å². The summed E-state index contributed by atoms with van der Waals surface area (Å²) in [6, 6.07) is 10.3. The number of rotatable bonds is 7. The highest BCUT2D eigenvalue weighted by Crippen LogP contribution is 2.30. The van der Waals surface area contributed by atoms with Gasteiger partial charge in [0.05, 0.1) is 18.4 Å².